The Morgan fingerprint density at radius 3 is 3.08 bits per heavy atom. The zero-order chi connectivity index (χ0) is 9.59. The molecule has 0 aliphatic carbocycles. The van der Waals surface area contributed by atoms with E-state index in [2.05, 4.69) is 20.9 Å². The number of carboxylic acid groups (broad SMARTS) is 1. The van der Waals surface area contributed by atoms with Crippen LogP contribution in [0.5, 0.6) is 0 Å². The number of imidazole rings is 1. The highest BCUT2D eigenvalue weighted by molar-refractivity contribution is 9.10. The Labute approximate surface area is 81.1 Å². The summed E-state index contributed by atoms with van der Waals surface area (Å²) < 4.78 is 7.07. The second-order valence-electron chi connectivity index (χ2n) is 2.55. The van der Waals surface area contributed by atoms with Crippen LogP contribution in [-0.2, 0) is 0 Å². The van der Waals surface area contributed by atoms with E-state index in [-0.39, 0.29) is 11.4 Å². The van der Waals surface area contributed by atoms with Crippen LogP contribution in [0, 0.1) is 6.92 Å². The van der Waals surface area contributed by atoms with Gasteiger partial charge < -0.3 is 9.52 Å². The fourth-order valence-electron chi connectivity index (χ4n) is 1.13. The molecule has 2 rings (SSSR count). The topological polar surface area (TPSA) is 67.7 Å². The summed E-state index contributed by atoms with van der Waals surface area (Å²) in [6.45, 7) is 1.80. The average Bonchev–Trinajstić information content (AvgIpc) is 2.55. The summed E-state index contributed by atoms with van der Waals surface area (Å²) in [5, 5.41) is 8.75. The molecule has 0 amide bonds. The quantitative estimate of drug-likeness (QED) is 0.830. The van der Waals surface area contributed by atoms with E-state index in [0.717, 1.165) is 5.69 Å². The Morgan fingerprint density at radius 2 is 2.46 bits per heavy atom. The molecule has 0 aliphatic heterocycles. The number of carboxylic acids is 1. The Kier molecular flexibility index (Phi) is 1.66. The van der Waals surface area contributed by atoms with Crippen molar-refractivity contribution in [2.75, 3.05) is 0 Å². The van der Waals surface area contributed by atoms with Crippen molar-refractivity contribution in [3.8, 4) is 0 Å². The normalized spacial score (nSPS) is 10.9. The van der Waals surface area contributed by atoms with Crippen LogP contribution in [0.1, 0.15) is 16.2 Å². The first kappa shape index (κ1) is 8.31. The van der Waals surface area contributed by atoms with E-state index >= 15 is 0 Å². The fourth-order valence-corrected chi connectivity index (χ4v) is 1.75. The lowest BCUT2D eigenvalue weighted by Gasteiger charge is -1.85. The Balaban J connectivity index is 2.87. The van der Waals surface area contributed by atoms with Crippen LogP contribution in [0.3, 0.4) is 0 Å². The van der Waals surface area contributed by atoms with E-state index in [1.807, 2.05) is 0 Å². The van der Waals surface area contributed by atoms with Crippen LogP contribution in [0.2, 0.25) is 0 Å². The summed E-state index contributed by atoms with van der Waals surface area (Å²) in [4.78, 5) is 14.5. The van der Waals surface area contributed by atoms with Gasteiger partial charge in [-0.3, -0.25) is 4.40 Å². The molecule has 0 unspecified atom stereocenters. The second-order valence-corrected chi connectivity index (χ2v) is 3.26. The number of halogens is 1. The van der Waals surface area contributed by atoms with E-state index in [4.69, 9.17) is 9.52 Å². The molecule has 0 aliphatic rings. The van der Waals surface area contributed by atoms with E-state index in [9.17, 15) is 4.79 Å². The van der Waals surface area contributed by atoms with Crippen LogP contribution < -0.4 is 0 Å². The van der Waals surface area contributed by atoms with Crippen molar-refractivity contribution in [2.45, 2.75) is 6.92 Å². The lowest BCUT2D eigenvalue weighted by molar-refractivity contribution is 0.0692. The molecule has 0 spiro atoms. The van der Waals surface area contributed by atoms with Gasteiger partial charge in [-0.25, -0.2) is 9.78 Å². The molecule has 0 saturated heterocycles. The maximum absolute atomic E-state index is 10.7. The average molecular weight is 245 g/mol. The summed E-state index contributed by atoms with van der Waals surface area (Å²) in [5.41, 5.74) is 0.957. The maximum Gasteiger partial charge on any atom is 0.360 e. The highest BCUT2D eigenvalue weighted by Crippen LogP contribution is 2.20. The molecule has 6 heteroatoms. The third-order valence-electron chi connectivity index (χ3n) is 1.69. The van der Waals surface area contributed by atoms with Gasteiger partial charge in [-0.2, -0.15) is 0 Å². The van der Waals surface area contributed by atoms with Gasteiger partial charge in [-0.1, -0.05) is 0 Å². The van der Waals surface area contributed by atoms with Gasteiger partial charge in [-0.15, -0.1) is 0 Å². The van der Waals surface area contributed by atoms with Crippen molar-refractivity contribution in [2.24, 2.45) is 0 Å². The number of aryl methyl sites for hydroxylation is 1. The number of nitrogens with zero attached hydrogens (tertiary/aromatic N) is 2. The van der Waals surface area contributed by atoms with Crippen LogP contribution >= 0.6 is 15.9 Å². The molecule has 0 aromatic carbocycles. The molecule has 2 aromatic rings. The van der Waals surface area contributed by atoms with Crippen molar-refractivity contribution in [1.29, 1.82) is 0 Å². The summed E-state index contributed by atoms with van der Waals surface area (Å²) in [6, 6.07) is 0. The number of fused-ring (bicyclic) bond motifs is 1. The van der Waals surface area contributed by atoms with Gasteiger partial charge in [-0.05, 0) is 22.9 Å². The Morgan fingerprint density at radius 1 is 1.77 bits per heavy atom. The summed E-state index contributed by atoms with van der Waals surface area (Å²) in [6.07, 6.45) is 1.48. The third-order valence-corrected chi connectivity index (χ3v) is 2.22. The fraction of sp³-hybridized carbons (Fsp3) is 0.143. The second kappa shape index (κ2) is 2.59. The zero-order valence-corrected chi connectivity index (χ0v) is 8.20. The van der Waals surface area contributed by atoms with Crippen molar-refractivity contribution >= 4 is 27.6 Å². The monoisotopic (exact) mass is 244 g/mol. The largest absolute Gasteiger partial charge is 0.476 e. The lowest BCUT2D eigenvalue weighted by atomic mass is 10.5. The van der Waals surface area contributed by atoms with Gasteiger partial charge in [0, 0.05) is 0 Å². The summed E-state index contributed by atoms with van der Waals surface area (Å²) in [5.74, 6) is -1.10. The Bertz CT molecular complexity index is 485. The minimum Gasteiger partial charge on any atom is -0.476 e. The number of aromatic carboxylic acids is 1. The summed E-state index contributed by atoms with van der Waals surface area (Å²) >= 11 is 3.14. The zero-order valence-electron chi connectivity index (χ0n) is 6.61. The molecule has 68 valence electrons. The molecular formula is C7H5BrN2O3. The molecular weight excluding hydrogens is 240 g/mol. The van der Waals surface area contributed by atoms with Crippen LogP contribution in [0.25, 0.3) is 5.71 Å². The predicted molar refractivity (Wildman–Crippen MR) is 46.9 cm³/mol. The highest BCUT2D eigenvalue weighted by atomic mass is 79.9. The van der Waals surface area contributed by atoms with Gasteiger partial charge in [0.2, 0.25) is 11.4 Å². The van der Waals surface area contributed by atoms with Crippen molar-refractivity contribution < 1.29 is 14.3 Å². The van der Waals surface area contributed by atoms with Gasteiger partial charge in [0.25, 0.3) is 0 Å². The van der Waals surface area contributed by atoms with E-state index in [1.165, 1.54) is 6.26 Å². The molecule has 0 fully saturated rings. The van der Waals surface area contributed by atoms with Crippen LogP contribution in [0.4, 0.5) is 0 Å². The summed E-state index contributed by atoms with van der Waals surface area (Å²) in [7, 11) is 0. The van der Waals surface area contributed by atoms with Crippen molar-refractivity contribution in [3.05, 3.63) is 22.4 Å². The van der Waals surface area contributed by atoms with E-state index in [0.29, 0.717) is 4.73 Å². The van der Waals surface area contributed by atoms with Gasteiger partial charge in [0.15, 0.2) is 4.73 Å². The highest BCUT2D eigenvalue weighted by Gasteiger charge is 2.19. The van der Waals surface area contributed by atoms with Gasteiger partial charge in [0.05, 0.1) is 5.69 Å². The number of rotatable bonds is 1. The van der Waals surface area contributed by atoms with E-state index in [1.54, 1.807) is 11.3 Å². The standard InChI is InChI=1S/C7H5BrN2O3/c1-3-2-13-5-4(6(11)12)9-7(8)10(3)5/h2H,1H3,(H,11,12). The number of aromatic nitrogens is 2. The smallest absolute Gasteiger partial charge is 0.360 e. The number of carbonyl (C=O) groups is 1. The molecule has 2 aromatic heterocycles. The molecule has 1 N–H and O–H groups in total. The van der Waals surface area contributed by atoms with Gasteiger partial charge in [0.1, 0.15) is 6.26 Å². The number of oxazole rings is 1. The minimum absolute atomic E-state index is 0.0834. The molecule has 5 nitrogen and oxygen atoms in total. The van der Waals surface area contributed by atoms with Crippen molar-refractivity contribution in [3.63, 3.8) is 0 Å². The van der Waals surface area contributed by atoms with Gasteiger partial charge >= 0.3 is 5.97 Å². The molecule has 0 saturated carbocycles. The van der Waals surface area contributed by atoms with Crippen LogP contribution in [-0.4, -0.2) is 20.5 Å². The first-order valence-electron chi connectivity index (χ1n) is 3.46. The van der Waals surface area contributed by atoms with E-state index < -0.39 is 5.97 Å². The lowest BCUT2D eigenvalue weighted by Crippen LogP contribution is -1.96. The number of hydrogen-bond acceptors (Lipinski definition) is 3. The number of hydrogen-bond donors (Lipinski definition) is 1. The molecule has 0 bridgehead atoms. The minimum atomic E-state index is -1.10. The first-order chi connectivity index (χ1) is 6.11. The van der Waals surface area contributed by atoms with Crippen molar-refractivity contribution in [1.82, 2.24) is 9.38 Å². The SMILES string of the molecule is Cc1coc2c(C(=O)O)nc(Br)n12. The van der Waals surface area contributed by atoms with Crippen LogP contribution in [0.15, 0.2) is 15.4 Å². The third kappa shape index (κ3) is 1.06. The molecule has 0 radical (unpaired) electrons. The molecule has 13 heavy (non-hydrogen) atoms. The Hall–Kier alpha value is -1.30. The molecule has 2 heterocycles. The molecule has 0 atom stereocenters. The predicted octanol–water partition coefficient (Wildman–Crippen LogP) is 1.70. The first-order valence-corrected chi connectivity index (χ1v) is 4.26. The maximum atomic E-state index is 10.7.